The van der Waals surface area contributed by atoms with Gasteiger partial charge in [0.2, 0.25) is 5.91 Å². The van der Waals surface area contributed by atoms with Gasteiger partial charge in [0, 0.05) is 24.9 Å². The molecule has 134 valence electrons. The fourth-order valence-corrected chi connectivity index (χ4v) is 2.95. The largest absolute Gasteiger partial charge is 0.334 e. The molecule has 0 spiro atoms. The zero-order chi connectivity index (χ0) is 18.7. The van der Waals surface area contributed by atoms with Crippen LogP contribution >= 0.6 is 11.6 Å². The molecule has 0 radical (unpaired) electrons. The average Bonchev–Trinajstić information content (AvgIpc) is 2.68. The van der Waals surface area contributed by atoms with E-state index in [0.29, 0.717) is 22.8 Å². The number of carbonyl (C=O) groups excluding carboxylic acids is 2. The summed E-state index contributed by atoms with van der Waals surface area (Å²) in [5.41, 5.74) is 2.03. The summed E-state index contributed by atoms with van der Waals surface area (Å²) < 4.78 is 0. The molecule has 2 aromatic carbocycles. The van der Waals surface area contributed by atoms with Gasteiger partial charge in [0.1, 0.15) is 5.71 Å². The highest BCUT2D eigenvalue weighted by Crippen LogP contribution is 2.24. The summed E-state index contributed by atoms with van der Waals surface area (Å²) >= 11 is 5.93. The summed E-state index contributed by atoms with van der Waals surface area (Å²) in [5, 5.41) is 6.31. The fraction of sp³-hybridized carbons (Fsp3) is 0.250. The normalized spacial score (nSPS) is 15.4. The Balaban J connectivity index is 1.81. The van der Waals surface area contributed by atoms with Crippen LogP contribution in [0.4, 0.5) is 5.69 Å². The van der Waals surface area contributed by atoms with E-state index in [1.807, 2.05) is 37.3 Å². The molecule has 2 amide bonds. The maximum atomic E-state index is 12.9. The summed E-state index contributed by atoms with van der Waals surface area (Å²) in [5.74, 6) is -0.290. The molecule has 0 saturated carbocycles. The van der Waals surface area contributed by atoms with Crippen molar-refractivity contribution in [2.45, 2.75) is 25.8 Å². The van der Waals surface area contributed by atoms with Crippen molar-refractivity contribution in [1.82, 2.24) is 4.90 Å². The molecule has 0 fully saturated rings. The van der Waals surface area contributed by atoms with Gasteiger partial charge in [0.15, 0.2) is 0 Å². The van der Waals surface area contributed by atoms with Crippen LogP contribution in [0.25, 0.3) is 0 Å². The zero-order valence-corrected chi connectivity index (χ0v) is 15.5. The zero-order valence-electron chi connectivity index (χ0n) is 14.7. The summed E-state index contributed by atoms with van der Waals surface area (Å²) in [7, 11) is 1.74. The minimum absolute atomic E-state index is 0.110. The van der Waals surface area contributed by atoms with E-state index in [9.17, 15) is 9.59 Å². The second-order valence-electron chi connectivity index (χ2n) is 6.23. The van der Waals surface area contributed by atoms with Crippen molar-refractivity contribution in [1.29, 1.82) is 0 Å². The predicted octanol–water partition coefficient (Wildman–Crippen LogP) is 4.04. The van der Waals surface area contributed by atoms with Crippen molar-refractivity contribution in [2.75, 3.05) is 12.1 Å². The molecule has 1 atom stereocenters. The van der Waals surface area contributed by atoms with Crippen LogP contribution in [0.1, 0.15) is 31.4 Å². The van der Waals surface area contributed by atoms with E-state index >= 15 is 0 Å². The lowest BCUT2D eigenvalue weighted by Crippen LogP contribution is -2.40. The molecule has 26 heavy (non-hydrogen) atoms. The van der Waals surface area contributed by atoms with Gasteiger partial charge in [-0.25, -0.2) is 5.01 Å². The van der Waals surface area contributed by atoms with Gasteiger partial charge in [-0.3, -0.25) is 9.59 Å². The smallest absolute Gasteiger partial charge is 0.270 e. The Kier molecular flexibility index (Phi) is 5.38. The Morgan fingerprint density at radius 3 is 2.42 bits per heavy atom. The minimum Gasteiger partial charge on any atom is -0.334 e. The van der Waals surface area contributed by atoms with Crippen LogP contribution in [0.2, 0.25) is 5.02 Å². The van der Waals surface area contributed by atoms with Crippen LogP contribution in [0, 0.1) is 0 Å². The molecular weight excluding hydrogens is 350 g/mol. The third-order valence-corrected chi connectivity index (χ3v) is 4.79. The van der Waals surface area contributed by atoms with Crippen molar-refractivity contribution in [2.24, 2.45) is 5.10 Å². The highest BCUT2D eigenvalue weighted by Gasteiger charge is 2.29. The lowest BCUT2D eigenvalue weighted by molar-refractivity contribution is -0.125. The standard InChI is InChI=1S/C20H20ClN3O2/c1-14(15-8-10-16(21)11-9-15)23(2)20(26)18-12-13-19(25)24(22-18)17-6-4-3-5-7-17/h3-11,14H,12-13H2,1-2H3. The van der Waals surface area contributed by atoms with Crippen LogP contribution in [-0.2, 0) is 9.59 Å². The van der Waals surface area contributed by atoms with Crippen LogP contribution in [0.3, 0.4) is 0 Å². The van der Waals surface area contributed by atoms with Gasteiger partial charge < -0.3 is 4.90 Å². The summed E-state index contributed by atoms with van der Waals surface area (Å²) in [6.07, 6.45) is 0.612. The lowest BCUT2D eigenvalue weighted by atomic mass is 10.1. The van der Waals surface area contributed by atoms with Gasteiger partial charge >= 0.3 is 0 Å². The first kappa shape index (κ1) is 18.1. The van der Waals surface area contributed by atoms with Crippen molar-refractivity contribution >= 4 is 34.8 Å². The Bertz CT molecular complexity index is 834. The molecule has 2 aromatic rings. The van der Waals surface area contributed by atoms with E-state index in [-0.39, 0.29) is 24.3 Å². The van der Waals surface area contributed by atoms with E-state index < -0.39 is 0 Å². The van der Waals surface area contributed by atoms with E-state index in [1.165, 1.54) is 5.01 Å². The number of para-hydroxylation sites is 1. The van der Waals surface area contributed by atoms with Crippen LogP contribution in [0.5, 0.6) is 0 Å². The molecule has 1 heterocycles. The third kappa shape index (κ3) is 3.78. The molecule has 1 aliphatic heterocycles. The number of hydrogen-bond donors (Lipinski definition) is 0. The maximum absolute atomic E-state index is 12.9. The molecule has 6 heteroatoms. The average molecular weight is 370 g/mol. The van der Waals surface area contributed by atoms with E-state index in [2.05, 4.69) is 5.10 Å². The van der Waals surface area contributed by atoms with Gasteiger partial charge in [-0.15, -0.1) is 0 Å². The van der Waals surface area contributed by atoms with Crippen molar-refractivity contribution in [3.8, 4) is 0 Å². The molecule has 0 N–H and O–H groups in total. The summed E-state index contributed by atoms with van der Waals surface area (Å²) in [4.78, 5) is 26.7. The number of hydrazone groups is 1. The number of rotatable bonds is 4. The van der Waals surface area contributed by atoms with Crippen molar-refractivity contribution < 1.29 is 9.59 Å². The second-order valence-corrected chi connectivity index (χ2v) is 6.67. The lowest BCUT2D eigenvalue weighted by Gasteiger charge is -2.29. The molecule has 1 aliphatic rings. The number of benzene rings is 2. The molecule has 0 saturated heterocycles. The fourth-order valence-electron chi connectivity index (χ4n) is 2.82. The Hall–Kier alpha value is -2.66. The molecule has 0 aliphatic carbocycles. The monoisotopic (exact) mass is 369 g/mol. The van der Waals surface area contributed by atoms with Gasteiger partial charge in [-0.05, 0) is 36.8 Å². The van der Waals surface area contributed by atoms with E-state index in [0.717, 1.165) is 5.56 Å². The van der Waals surface area contributed by atoms with Crippen LogP contribution in [-0.4, -0.2) is 29.5 Å². The number of anilines is 1. The molecule has 0 aromatic heterocycles. The van der Waals surface area contributed by atoms with E-state index in [1.54, 1.807) is 36.2 Å². The highest BCUT2D eigenvalue weighted by molar-refractivity contribution is 6.40. The Morgan fingerprint density at radius 2 is 1.77 bits per heavy atom. The number of carbonyl (C=O) groups is 2. The third-order valence-electron chi connectivity index (χ3n) is 4.53. The minimum atomic E-state index is -0.180. The molecular formula is C20H20ClN3O2. The van der Waals surface area contributed by atoms with Gasteiger partial charge in [0.25, 0.3) is 5.91 Å². The van der Waals surface area contributed by atoms with E-state index in [4.69, 9.17) is 11.6 Å². The van der Waals surface area contributed by atoms with Gasteiger partial charge in [-0.1, -0.05) is 41.9 Å². The SMILES string of the molecule is CC(c1ccc(Cl)cc1)N(C)C(=O)C1=NN(c2ccccc2)C(=O)CC1. The highest BCUT2D eigenvalue weighted by atomic mass is 35.5. The molecule has 1 unspecified atom stereocenters. The van der Waals surface area contributed by atoms with Gasteiger partial charge in [0.05, 0.1) is 11.7 Å². The first-order chi connectivity index (χ1) is 12.5. The summed E-state index contributed by atoms with van der Waals surface area (Å²) in [6, 6.07) is 16.4. The number of nitrogens with zero attached hydrogens (tertiary/aromatic N) is 3. The Morgan fingerprint density at radius 1 is 1.12 bits per heavy atom. The number of hydrogen-bond acceptors (Lipinski definition) is 3. The molecule has 3 rings (SSSR count). The first-order valence-corrected chi connectivity index (χ1v) is 8.83. The second kappa shape index (κ2) is 7.70. The number of amides is 2. The van der Waals surface area contributed by atoms with Crippen molar-refractivity contribution in [3.63, 3.8) is 0 Å². The van der Waals surface area contributed by atoms with Crippen molar-refractivity contribution in [3.05, 3.63) is 65.2 Å². The first-order valence-electron chi connectivity index (χ1n) is 8.45. The number of halogens is 1. The van der Waals surface area contributed by atoms with Crippen LogP contribution in [0.15, 0.2) is 59.7 Å². The van der Waals surface area contributed by atoms with Gasteiger partial charge in [-0.2, -0.15) is 5.10 Å². The Labute approximate surface area is 157 Å². The molecule has 0 bridgehead atoms. The molecule has 5 nitrogen and oxygen atoms in total. The topological polar surface area (TPSA) is 53.0 Å². The maximum Gasteiger partial charge on any atom is 0.270 e. The quantitative estimate of drug-likeness (QED) is 0.816. The summed E-state index contributed by atoms with van der Waals surface area (Å²) in [6.45, 7) is 1.95. The van der Waals surface area contributed by atoms with Crippen LogP contribution < -0.4 is 5.01 Å². The predicted molar refractivity (Wildman–Crippen MR) is 103 cm³/mol.